The molecule has 5 rings (SSSR count). The molecule has 0 radical (unpaired) electrons. The molecule has 0 bridgehead atoms. The van der Waals surface area contributed by atoms with Gasteiger partial charge in [0.25, 0.3) is 12.4 Å². The summed E-state index contributed by atoms with van der Waals surface area (Å²) in [5.74, 6) is -1.41. The lowest BCUT2D eigenvalue weighted by atomic mass is 9.86. The van der Waals surface area contributed by atoms with Crippen molar-refractivity contribution in [2.24, 2.45) is 0 Å². The second kappa shape index (κ2) is 12.2. The first-order chi connectivity index (χ1) is 18.8. The molecular weight excluding hydrogens is 505 g/mol. The Morgan fingerprint density at radius 3 is 2.69 bits per heavy atom. The minimum absolute atomic E-state index is 0.0271. The van der Waals surface area contributed by atoms with Crippen molar-refractivity contribution in [2.75, 3.05) is 7.05 Å². The molecule has 1 saturated carbocycles. The highest BCUT2D eigenvalue weighted by atomic mass is 19.1. The van der Waals surface area contributed by atoms with Gasteiger partial charge in [-0.1, -0.05) is 30.3 Å². The standard InChI is InChI=1S/C27H30FN5O3.CH2O2/c1-16-5-3-6-18-14-31-33(25(16)18)21-11-20(12-21)30-13-17-8-9-19-15-32(27(36)23(19)24(17)28)22(7-4-10-34)26(35)29-2;2-1-3/h3,5-6,8-10,14,20-22,30H,4,7,11-13,15H2,1-2H3,(H,29,35);1H,(H,2,3). The van der Waals surface area contributed by atoms with Crippen molar-refractivity contribution < 1.29 is 28.7 Å². The zero-order chi connectivity index (χ0) is 28.1. The van der Waals surface area contributed by atoms with Gasteiger partial charge in [-0.3, -0.25) is 19.1 Å². The Morgan fingerprint density at radius 2 is 2.00 bits per heavy atom. The third kappa shape index (κ3) is 5.53. The molecule has 11 heteroatoms. The van der Waals surface area contributed by atoms with Crippen LogP contribution in [0.1, 0.15) is 58.8 Å². The van der Waals surface area contributed by atoms with Gasteiger partial charge >= 0.3 is 0 Å². The molecular formula is C28H32FN5O5. The lowest BCUT2D eigenvalue weighted by molar-refractivity contribution is -0.125. The average molecular weight is 538 g/mol. The van der Waals surface area contributed by atoms with Crippen LogP contribution in [0.4, 0.5) is 4.39 Å². The van der Waals surface area contributed by atoms with E-state index in [4.69, 9.17) is 9.90 Å². The number of halogens is 1. The summed E-state index contributed by atoms with van der Waals surface area (Å²) in [6, 6.07) is 9.39. The number of likely N-dealkylation sites (N-methyl/N-ethyl adjacent to an activating group) is 1. The average Bonchev–Trinajstić information content (AvgIpc) is 3.47. The number of aldehydes is 1. The summed E-state index contributed by atoms with van der Waals surface area (Å²) >= 11 is 0. The third-order valence-corrected chi connectivity index (χ3v) is 7.47. The number of hydrogen-bond donors (Lipinski definition) is 3. The molecule has 206 valence electrons. The first kappa shape index (κ1) is 27.9. The molecule has 3 N–H and O–H groups in total. The molecule has 1 aliphatic carbocycles. The number of fused-ring (bicyclic) bond motifs is 2. The Morgan fingerprint density at radius 1 is 1.26 bits per heavy atom. The first-order valence-electron chi connectivity index (χ1n) is 12.8. The lowest BCUT2D eigenvalue weighted by Gasteiger charge is -2.36. The first-order valence-corrected chi connectivity index (χ1v) is 12.8. The third-order valence-electron chi connectivity index (χ3n) is 7.47. The highest BCUT2D eigenvalue weighted by Gasteiger charge is 2.38. The maximum absolute atomic E-state index is 15.4. The number of carbonyl (C=O) groups is 4. The largest absolute Gasteiger partial charge is 0.483 e. The van der Waals surface area contributed by atoms with Crippen LogP contribution in [-0.4, -0.2) is 63.5 Å². The Bertz CT molecular complexity index is 1380. The zero-order valence-electron chi connectivity index (χ0n) is 21.9. The molecule has 0 saturated heterocycles. The minimum Gasteiger partial charge on any atom is -0.483 e. The molecule has 2 heterocycles. The van der Waals surface area contributed by atoms with Crippen molar-refractivity contribution in [3.63, 3.8) is 0 Å². The van der Waals surface area contributed by atoms with E-state index in [0.29, 0.717) is 23.7 Å². The quantitative estimate of drug-likeness (QED) is 0.358. The number of rotatable bonds is 9. The van der Waals surface area contributed by atoms with E-state index >= 15 is 4.39 Å². The fraction of sp³-hybridized carbons (Fsp3) is 0.393. The fourth-order valence-electron chi connectivity index (χ4n) is 5.40. The summed E-state index contributed by atoms with van der Waals surface area (Å²) in [4.78, 5) is 46.0. The topological polar surface area (TPSA) is 134 Å². The Labute approximate surface area is 225 Å². The summed E-state index contributed by atoms with van der Waals surface area (Å²) in [5, 5.41) is 18.6. The summed E-state index contributed by atoms with van der Waals surface area (Å²) < 4.78 is 17.5. The van der Waals surface area contributed by atoms with Gasteiger partial charge in [-0.05, 0) is 37.3 Å². The Kier molecular flexibility index (Phi) is 8.70. The summed E-state index contributed by atoms with van der Waals surface area (Å²) in [6.45, 7) is 2.30. The Balaban J connectivity index is 0.00000112. The molecule has 2 aromatic carbocycles. The molecule has 1 aromatic heterocycles. The van der Waals surface area contributed by atoms with Crippen LogP contribution in [0.2, 0.25) is 0 Å². The smallest absolute Gasteiger partial charge is 0.290 e. The van der Waals surface area contributed by atoms with Crippen LogP contribution in [0, 0.1) is 12.7 Å². The van der Waals surface area contributed by atoms with Crippen molar-refractivity contribution >= 4 is 35.5 Å². The normalized spacial score (nSPS) is 18.5. The van der Waals surface area contributed by atoms with Gasteiger partial charge in [0.1, 0.15) is 18.1 Å². The highest BCUT2D eigenvalue weighted by molar-refractivity contribution is 6.01. The van der Waals surface area contributed by atoms with E-state index in [1.807, 2.05) is 12.3 Å². The van der Waals surface area contributed by atoms with Gasteiger partial charge in [-0.25, -0.2) is 4.39 Å². The molecule has 2 aliphatic rings. The molecule has 1 atom stereocenters. The van der Waals surface area contributed by atoms with E-state index in [2.05, 4.69) is 39.5 Å². The van der Waals surface area contributed by atoms with Crippen molar-refractivity contribution in [3.8, 4) is 0 Å². The van der Waals surface area contributed by atoms with Crippen LogP contribution >= 0.6 is 0 Å². The zero-order valence-corrected chi connectivity index (χ0v) is 21.9. The molecule has 10 nitrogen and oxygen atoms in total. The number of nitrogens with one attached hydrogen (secondary N) is 2. The number of amides is 2. The van der Waals surface area contributed by atoms with Crippen LogP contribution in [-0.2, 0) is 27.5 Å². The lowest BCUT2D eigenvalue weighted by Crippen LogP contribution is -2.46. The molecule has 1 aliphatic heterocycles. The van der Waals surface area contributed by atoms with Crippen LogP contribution in [0.3, 0.4) is 0 Å². The van der Waals surface area contributed by atoms with E-state index in [9.17, 15) is 14.4 Å². The van der Waals surface area contributed by atoms with E-state index in [1.165, 1.54) is 17.5 Å². The number of nitrogens with zero attached hydrogens (tertiary/aromatic N) is 3. The summed E-state index contributed by atoms with van der Waals surface area (Å²) in [5.41, 5.74) is 3.38. The van der Waals surface area contributed by atoms with E-state index in [0.717, 1.165) is 30.0 Å². The minimum atomic E-state index is -0.810. The highest BCUT2D eigenvalue weighted by Crippen LogP contribution is 2.36. The maximum Gasteiger partial charge on any atom is 0.290 e. The van der Waals surface area contributed by atoms with Crippen molar-refractivity contribution in [1.82, 2.24) is 25.3 Å². The fourth-order valence-corrected chi connectivity index (χ4v) is 5.40. The van der Waals surface area contributed by atoms with Crippen molar-refractivity contribution in [1.29, 1.82) is 0 Å². The number of hydrogen-bond acceptors (Lipinski definition) is 6. The second-order valence-corrected chi connectivity index (χ2v) is 9.79. The predicted molar refractivity (Wildman–Crippen MR) is 141 cm³/mol. The van der Waals surface area contributed by atoms with E-state index < -0.39 is 17.8 Å². The van der Waals surface area contributed by atoms with Crippen molar-refractivity contribution in [2.45, 2.75) is 63.8 Å². The SMILES string of the molecule is CNC(=O)C(CCC=O)N1Cc2ccc(CNC3CC(n4ncc5cccc(C)c54)C3)c(F)c2C1=O.O=CO. The van der Waals surface area contributed by atoms with Gasteiger partial charge in [0.2, 0.25) is 5.91 Å². The van der Waals surface area contributed by atoms with E-state index in [-0.39, 0.29) is 43.4 Å². The van der Waals surface area contributed by atoms with E-state index in [1.54, 1.807) is 12.1 Å². The van der Waals surface area contributed by atoms with Gasteiger partial charge in [0.05, 0.1) is 23.3 Å². The molecule has 1 unspecified atom stereocenters. The van der Waals surface area contributed by atoms with Gasteiger partial charge in [0, 0.05) is 43.5 Å². The molecule has 39 heavy (non-hydrogen) atoms. The number of aryl methyl sites for hydroxylation is 1. The number of aromatic nitrogens is 2. The van der Waals surface area contributed by atoms with Gasteiger partial charge in [-0.15, -0.1) is 0 Å². The van der Waals surface area contributed by atoms with Crippen LogP contribution in [0.5, 0.6) is 0 Å². The number of para-hydroxylation sites is 1. The molecule has 3 aromatic rings. The number of carboxylic acid groups (broad SMARTS) is 1. The molecule has 2 amide bonds. The van der Waals surface area contributed by atoms with Crippen molar-refractivity contribution in [3.05, 3.63) is 64.6 Å². The second-order valence-electron chi connectivity index (χ2n) is 9.79. The monoisotopic (exact) mass is 537 g/mol. The Hall–Kier alpha value is -4.12. The van der Waals surface area contributed by atoms with Crippen LogP contribution in [0.15, 0.2) is 36.5 Å². The maximum atomic E-state index is 15.4. The molecule has 0 spiro atoms. The summed E-state index contributed by atoms with van der Waals surface area (Å²) in [6.07, 6.45) is 4.76. The summed E-state index contributed by atoms with van der Waals surface area (Å²) in [7, 11) is 1.48. The number of carbonyl (C=O) groups excluding carboxylic acids is 3. The van der Waals surface area contributed by atoms with Crippen LogP contribution < -0.4 is 10.6 Å². The van der Waals surface area contributed by atoms with Gasteiger partial charge in [-0.2, -0.15) is 5.10 Å². The van der Waals surface area contributed by atoms with Crippen LogP contribution in [0.25, 0.3) is 10.9 Å². The predicted octanol–water partition coefficient (Wildman–Crippen LogP) is 2.73. The van der Waals surface area contributed by atoms with Gasteiger partial charge < -0.3 is 25.4 Å². The number of benzene rings is 2. The molecule has 1 fully saturated rings. The van der Waals surface area contributed by atoms with Gasteiger partial charge in [0.15, 0.2) is 0 Å².